The maximum atomic E-state index is 13.5. The Balaban J connectivity index is 1.70. The van der Waals surface area contributed by atoms with Crippen LogP contribution in [-0.4, -0.2) is 40.5 Å². The number of benzene rings is 3. The van der Waals surface area contributed by atoms with Crippen molar-refractivity contribution in [2.45, 2.75) is 26.8 Å². The molecule has 37 heavy (non-hydrogen) atoms. The number of carbonyl (C=O) groups is 2. The van der Waals surface area contributed by atoms with E-state index in [0.29, 0.717) is 34.7 Å². The predicted octanol–water partition coefficient (Wildman–Crippen LogP) is 5.21. The first-order chi connectivity index (χ1) is 17.8. The molecule has 5 rings (SSSR count). The summed E-state index contributed by atoms with van der Waals surface area (Å²) in [7, 11) is 1.54. The van der Waals surface area contributed by atoms with Crippen molar-refractivity contribution in [3.63, 3.8) is 0 Å². The zero-order valence-corrected chi connectivity index (χ0v) is 21.0. The third-order valence-electron chi connectivity index (χ3n) is 6.61. The standard InChI is InChI=1S/C29H27N3O5/c1-5-37-20-11-9-18(10-12-20)26(33)24-25(19-7-6-8-21(15-19)36-4)32(28(35)27(24)34)29-30-22-13-16(2)17(3)14-23(22)31-29/h6-15,25,33H,5H2,1-4H3,(H,30,31)/b26-24+. The number of anilines is 1. The van der Waals surface area contributed by atoms with Crippen molar-refractivity contribution < 1.29 is 24.2 Å². The molecule has 1 amide bonds. The predicted molar refractivity (Wildman–Crippen MR) is 141 cm³/mol. The lowest BCUT2D eigenvalue weighted by atomic mass is 9.95. The van der Waals surface area contributed by atoms with E-state index in [4.69, 9.17) is 9.47 Å². The van der Waals surface area contributed by atoms with E-state index in [1.807, 2.05) is 32.9 Å². The quantitative estimate of drug-likeness (QED) is 0.215. The van der Waals surface area contributed by atoms with Gasteiger partial charge in [0.05, 0.1) is 36.4 Å². The highest BCUT2D eigenvalue weighted by Crippen LogP contribution is 2.42. The first-order valence-corrected chi connectivity index (χ1v) is 12.0. The van der Waals surface area contributed by atoms with Gasteiger partial charge in [-0.15, -0.1) is 0 Å². The molecule has 188 valence electrons. The molecule has 1 fully saturated rings. The van der Waals surface area contributed by atoms with Gasteiger partial charge in [0, 0.05) is 5.56 Å². The normalized spacial score (nSPS) is 17.0. The summed E-state index contributed by atoms with van der Waals surface area (Å²) in [4.78, 5) is 36.0. The topological polar surface area (TPSA) is 105 Å². The van der Waals surface area contributed by atoms with E-state index in [1.54, 1.807) is 55.6 Å². The number of amides is 1. The van der Waals surface area contributed by atoms with E-state index in [2.05, 4.69) is 9.97 Å². The van der Waals surface area contributed by atoms with Crippen LogP contribution in [0.2, 0.25) is 0 Å². The number of methoxy groups -OCH3 is 1. The number of H-pyrrole nitrogens is 1. The van der Waals surface area contributed by atoms with Crippen molar-refractivity contribution in [2.75, 3.05) is 18.6 Å². The fraction of sp³-hybridized carbons (Fsp3) is 0.207. The van der Waals surface area contributed by atoms with Gasteiger partial charge in [0.1, 0.15) is 17.3 Å². The molecular weight excluding hydrogens is 470 g/mol. The summed E-state index contributed by atoms with van der Waals surface area (Å²) >= 11 is 0. The summed E-state index contributed by atoms with van der Waals surface area (Å²) in [6, 6.07) is 16.8. The van der Waals surface area contributed by atoms with E-state index in [1.165, 1.54) is 4.90 Å². The average molecular weight is 498 g/mol. The number of aromatic amines is 1. The third kappa shape index (κ3) is 4.20. The monoisotopic (exact) mass is 497 g/mol. The van der Waals surface area contributed by atoms with Gasteiger partial charge in [0.25, 0.3) is 5.78 Å². The van der Waals surface area contributed by atoms with Gasteiger partial charge in [-0.05, 0) is 86.0 Å². The fourth-order valence-corrected chi connectivity index (χ4v) is 4.58. The second kappa shape index (κ2) is 9.46. The first-order valence-electron chi connectivity index (χ1n) is 12.0. The number of fused-ring (bicyclic) bond motifs is 1. The Hall–Kier alpha value is -4.59. The van der Waals surface area contributed by atoms with Gasteiger partial charge in [-0.2, -0.15) is 0 Å². The molecule has 0 bridgehead atoms. The molecule has 2 heterocycles. The second-order valence-electron chi connectivity index (χ2n) is 8.92. The van der Waals surface area contributed by atoms with Crippen molar-refractivity contribution in [3.8, 4) is 11.5 Å². The van der Waals surface area contributed by atoms with Crippen LogP contribution in [0, 0.1) is 13.8 Å². The maximum absolute atomic E-state index is 13.5. The number of ketones is 1. The van der Waals surface area contributed by atoms with Gasteiger partial charge < -0.3 is 19.6 Å². The highest BCUT2D eigenvalue weighted by molar-refractivity contribution is 6.51. The van der Waals surface area contributed by atoms with Crippen LogP contribution in [0.25, 0.3) is 16.8 Å². The molecule has 0 radical (unpaired) electrons. The second-order valence-corrected chi connectivity index (χ2v) is 8.92. The van der Waals surface area contributed by atoms with Gasteiger partial charge in [-0.3, -0.25) is 14.5 Å². The van der Waals surface area contributed by atoms with Gasteiger partial charge in [-0.25, -0.2) is 4.98 Å². The van der Waals surface area contributed by atoms with E-state index in [9.17, 15) is 14.7 Å². The number of imidazole rings is 1. The highest BCUT2D eigenvalue weighted by atomic mass is 16.5. The number of aryl methyl sites for hydroxylation is 2. The minimum absolute atomic E-state index is 0.0322. The maximum Gasteiger partial charge on any atom is 0.302 e. The number of aliphatic hydroxyl groups excluding tert-OH is 1. The minimum atomic E-state index is -0.926. The van der Waals surface area contributed by atoms with Crippen LogP contribution in [0.15, 0.2) is 66.2 Å². The molecule has 1 aliphatic rings. The van der Waals surface area contributed by atoms with Crippen LogP contribution in [0.3, 0.4) is 0 Å². The Bertz CT molecular complexity index is 1510. The molecule has 8 heteroatoms. The molecule has 8 nitrogen and oxygen atoms in total. The number of rotatable bonds is 6. The molecule has 1 aromatic heterocycles. The number of hydrogen-bond donors (Lipinski definition) is 2. The largest absolute Gasteiger partial charge is 0.507 e. The van der Waals surface area contributed by atoms with Crippen LogP contribution in [0.5, 0.6) is 11.5 Å². The fourth-order valence-electron chi connectivity index (χ4n) is 4.58. The van der Waals surface area contributed by atoms with E-state index >= 15 is 0 Å². The molecule has 0 spiro atoms. The molecule has 1 aliphatic heterocycles. The Labute approximate surface area is 214 Å². The summed E-state index contributed by atoms with van der Waals surface area (Å²) in [5.41, 5.74) is 4.52. The van der Waals surface area contributed by atoms with Crippen molar-refractivity contribution >= 4 is 34.4 Å². The summed E-state index contributed by atoms with van der Waals surface area (Å²) < 4.78 is 10.9. The summed E-state index contributed by atoms with van der Waals surface area (Å²) in [5, 5.41) is 11.3. The van der Waals surface area contributed by atoms with Crippen molar-refractivity contribution in [3.05, 3.63) is 88.5 Å². The van der Waals surface area contributed by atoms with Crippen molar-refractivity contribution in [1.82, 2.24) is 9.97 Å². The molecule has 1 atom stereocenters. The number of aromatic nitrogens is 2. The smallest absolute Gasteiger partial charge is 0.302 e. The molecule has 0 aliphatic carbocycles. The van der Waals surface area contributed by atoms with Crippen LogP contribution in [0.4, 0.5) is 5.95 Å². The van der Waals surface area contributed by atoms with Crippen LogP contribution in [0.1, 0.15) is 35.2 Å². The Morgan fingerprint density at radius 1 is 1.03 bits per heavy atom. The van der Waals surface area contributed by atoms with Crippen LogP contribution in [-0.2, 0) is 9.59 Å². The van der Waals surface area contributed by atoms with Crippen LogP contribution >= 0.6 is 0 Å². The van der Waals surface area contributed by atoms with Crippen molar-refractivity contribution in [1.29, 1.82) is 0 Å². The summed E-state index contributed by atoms with van der Waals surface area (Å²) in [6.07, 6.45) is 0. The number of nitrogens with zero attached hydrogens (tertiary/aromatic N) is 2. The lowest BCUT2D eigenvalue weighted by molar-refractivity contribution is -0.132. The lowest BCUT2D eigenvalue weighted by Crippen LogP contribution is -2.30. The number of aliphatic hydroxyl groups is 1. The third-order valence-corrected chi connectivity index (χ3v) is 6.61. The first kappa shape index (κ1) is 24.1. The number of nitrogens with one attached hydrogen (secondary N) is 1. The molecular formula is C29H27N3O5. The summed E-state index contributed by atoms with van der Waals surface area (Å²) in [6.45, 7) is 6.37. The average Bonchev–Trinajstić information content (AvgIpc) is 3.42. The molecule has 4 aromatic rings. The Kier molecular flexibility index (Phi) is 6.17. The molecule has 0 saturated carbocycles. The number of hydrogen-bond acceptors (Lipinski definition) is 6. The Morgan fingerprint density at radius 3 is 2.46 bits per heavy atom. The van der Waals surface area contributed by atoms with Gasteiger partial charge in [0.2, 0.25) is 5.95 Å². The zero-order chi connectivity index (χ0) is 26.3. The summed E-state index contributed by atoms with van der Waals surface area (Å²) in [5.74, 6) is -0.447. The number of Topliss-reactive ketones (excluding diaryl/α,β-unsaturated/α-hetero) is 1. The van der Waals surface area contributed by atoms with E-state index in [0.717, 1.165) is 16.6 Å². The van der Waals surface area contributed by atoms with Crippen molar-refractivity contribution in [2.24, 2.45) is 0 Å². The van der Waals surface area contributed by atoms with E-state index in [-0.39, 0.29) is 17.3 Å². The van der Waals surface area contributed by atoms with Crippen LogP contribution < -0.4 is 14.4 Å². The SMILES string of the molecule is CCOc1ccc(/C(O)=C2\C(=O)C(=O)N(c3nc4cc(C)c(C)cc4[nH]3)C2c2cccc(OC)c2)cc1. The molecule has 3 aromatic carbocycles. The zero-order valence-electron chi connectivity index (χ0n) is 21.0. The van der Waals surface area contributed by atoms with E-state index < -0.39 is 17.7 Å². The number of ether oxygens (including phenoxy) is 2. The Morgan fingerprint density at radius 2 is 1.76 bits per heavy atom. The van der Waals surface area contributed by atoms with Gasteiger partial charge >= 0.3 is 5.91 Å². The molecule has 2 N–H and O–H groups in total. The number of carbonyl (C=O) groups excluding carboxylic acids is 2. The minimum Gasteiger partial charge on any atom is -0.507 e. The molecule has 1 saturated heterocycles. The lowest BCUT2D eigenvalue weighted by Gasteiger charge is -2.23. The van der Waals surface area contributed by atoms with Gasteiger partial charge in [0.15, 0.2) is 0 Å². The molecule has 1 unspecified atom stereocenters. The highest BCUT2D eigenvalue weighted by Gasteiger charge is 2.48. The van der Waals surface area contributed by atoms with Gasteiger partial charge in [-0.1, -0.05) is 12.1 Å².